The van der Waals surface area contributed by atoms with Crippen LogP contribution < -0.4 is 11.3 Å². The fourth-order valence-electron chi connectivity index (χ4n) is 1.53. The van der Waals surface area contributed by atoms with E-state index in [4.69, 9.17) is 19.7 Å². The molecule has 6 heteroatoms. The highest BCUT2D eigenvalue weighted by Gasteiger charge is 2.13. The van der Waals surface area contributed by atoms with Crippen molar-refractivity contribution in [2.75, 3.05) is 19.8 Å². The van der Waals surface area contributed by atoms with Crippen molar-refractivity contribution in [3.8, 4) is 0 Å². The van der Waals surface area contributed by atoms with Crippen LogP contribution in [0.2, 0.25) is 0 Å². The Hall–Kier alpha value is -1.37. The molecule has 108 valence electrons. The van der Waals surface area contributed by atoms with Crippen LogP contribution in [0.15, 0.2) is 10.5 Å². The third-order valence-electron chi connectivity index (χ3n) is 2.41. The Bertz CT molecular complexity index is 401. The van der Waals surface area contributed by atoms with Gasteiger partial charge in [-0.1, -0.05) is 13.8 Å². The van der Waals surface area contributed by atoms with E-state index in [1.165, 1.54) is 0 Å². The van der Waals surface area contributed by atoms with E-state index in [1.54, 1.807) is 13.0 Å². The second kappa shape index (κ2) is 7.93. The Kier molecular flexibility index (Phi) is 6.55. The van der Waals surface area contributed by atoms with Crippen LogP contribution in [-0.4, -0.2) is 25.7 Å². The molecule has 0 aromatic carbocycles. The maximum Gasteiger partial charge on any atom is 0.268 e. The summed E-state index contributed by atoms with van der Waals surface area (Å²) >= 11 is 0. The molecule has 0 unspecified atom stereocenters. The lowest BCUT2D eigenvalue weighted by Crippen LogP contribution is -2.30. The number of hydrazine groups is 1. The summed E-state index contributed by atoms with van der Waals surface area (Å²) in [7, 11) is 0. The van der Waals surface area contributed by atoms with Crippen molar-refractivity contribution < 1.29 is 18.7 Å². The predicted octanol–water partition coefficient (Wildman–Crippen LogP) is 1.38. The highest BCUT2D eigenvalue weighted by Crippen LogP contribution is 2.15. The minimum Gasteiger partial charge on any atom is -0.463 e. The molecule has 1 heterocycles. The number of hydrogen-bond donors (Lipinski definition) is 2. The number of carbonyl (C=O) groups excluding carboxylic acids is 1. The first-order valence-corrected chi connectivity index (χ1v) is 6.30. The monoisotopic (exact) mass is 270 g/mol. The van der Waals surface area contributed by atoms with Crippen molar-refractivity contribution in [3.05, 3.63) is 23.2 Å². The molecule has 0 fully saturated rings. The average molecular weight is 270 g/mol. The Morgan fingerprint density at radius 3 is 2.74 bits per heavy atom. The van der Waals surface area contributed by atoms with Gasteiger partial charge in [-0.05, 0) is 18.9 Å². The third-order valence-corrected chi connectivity index (χ3v) is 2.41. The molecule has 0 bridgehead atoms. The van der Waals surface area contributed by atoms with E-state index >= 15 is 0 Å². The first-order valence-electron chi connectivity index (χ1n) is 6.30. The van der Waals surface area contributed by atoms with Gasteiger partial charge in [-0.2, -0.15) is 0 Å². The van der Waals surface area contributed by atoms with E-state index in [1.807, 2.05) is 0 Å². The zero-order valence-electron chi connectivity index (χ0n) is 11.7. The molecule has 0 aliphatic carbocycles. The normalized spacial score (nSPS) is 11.0. The summed E-state index contributed by atoms with van der Waals surface area (Å²) in [5.41, 5.74) is 2.50. The van der Waals surface area contributed by atoms with Gasteiger partial charge in [-0.3, -0.25) is 10.2 Å². The first kappa shape index (κ1) is 15.7. The summed E-state index contributed by atoms with van der Waals surface area (Å²) in [6, 6.07) is 1.63. The van der Waals surface area contributed by atoms with Crippen molar-refractivity contribution in [3.63, 3.8) is 0 Å². The van der Waals surface area contributed by atoms with Crippen molar-refractivity contribution in [2.24, 2.45) is 11.8 Å². The Balaban J connectivity index is 2.28. The maximum absolute atomic E-state index is 11.4. The standard InChI is InChI=1S/C13H22N2O4/c1-9(2)7-17-4-5-18-8-11-6-12(10(3)19-11)13(16)15-14/h6,9H,4-5,7-8,14H2,1-3H3,(H,15,16). The number of aryl methyl sites for hydroxylation is 1. The van der Waals surface area contributed by atoms with Crippen LogP contribution in [-0.2, 0) is 16.1 Å². The number of hydrogen-bond acceptors (Lipinski definition) is 5. The van der Waals surface area contributed by atoms with Crippen LogP contribution in [0.3, 0.4) is 0 Å². The highest BCUT2D eigenvalue weighted by molar-refractivity contribution is 5.94. The van der Waals surface area contributed by atoms with E-state index in [9.17, 15) is 4.79 Å². The molecule has 0 aliphatic rings. The van der Waals surface area contributed by atoms with Gasteiger partial charge in [-0.25, -0.2) is 5.84 Å². The lowest BCUT2D eigenvalue weighted by atomic mass is 10.2. The van der Waals surface area contributed by atoms with Gasteiger partial charge >= 0.3 is 0 Å². The Labute approximate surface area is 113 Å². The minimum absolute atomic E-state index is 0.309. The summed E-state index contributed by atoms with van der Waals surface area (Å²) in [5, 5.41) is 0. The van der Waals surface area contributed by atoms with E-state index in [2.05, 4.69) is 19.3 Å². The summed E-state index contributed by atoms with van der Waals surface area (Å²) < 4.78 is 16.2. The second-order valence-corrected chi connectivity index (χ2v) is 4.68. The Morgan fingerprint density at radius 2 is 2.11 bits per heavy atom. The van der Waals surface area contributed by atoms with Gasteiger partial charge in [0.15, 0.2) is 0 Å². The number of rotatable bonds is 8. The van der Waals surface area contributed by atoms with Gasteiger partial charge in [0, 0.05) is 6.61 Å². The van der Waals surface area contributed by atoms with Crippen molar-refractivity contribution in [2.45, 2.75) is 27.4 Å². The zero-order valence-corrected chi connectivity index (χ0v) is 11.7. The molecular weight excluding hydrogens is 248 g/mol. The number of nitrogens with two attached hydrogens (primary N) is 1. The fraction of sp³-hybridized carbons (Fsp3) is 0.615. The van der Waals surface area contributed by atoms with Crippen molar-refractivity contribution in [1.29, 1.82) is 0 Å². The van der Waals surface area contributed by atoms with Gasteiger partial charge in [0.05, 0.1) is 18.8 Å². The highest BCUT2D eigenvalue weighted by atomic mass is 16.5. The molecule has 0 atom stereocenters. The molecule has 1 amide bonds. The van der Waals surface area contributed by atoms with Gasteiger partial charge < -0.3 is 13.9 Å². The van der Waals surface area contributed by atoms with E-state index in [0.29, 0.717) is 42.8 Å². The molecule has 6 nitrogen and oxygen atoms in total. The van der Waals surface area contributed by atoms with E-state index < -0.39 is 0 Å². The molecule has 1 rings (SSSR count). The molecule has 3 N–H and O–H groups in total. The number of amides is 1. The average Bonchev–Trinajstić information content (AvgIpc) is 2.73. The molecule has 1 aromatic rings. The van der Waals surface area contributed by atoms with Crippen molar-refractivity contribution in [1.82, 2.24) is 5.43 Å². The summed E-state index contributed by atoms with van der Waals surface area (Å²) in [6.07, 6.45) is 0. The fourth-order valence-corrected chi connectivity index (χ4v) is 1.53. The third kappa shape index (κ3) is 5.42. The topological polar surface area (TPSA) is 86.7 Å². The van der Waals surface area contributed by atoms with E-state index in [-0.39, 0.29) is 5.91 Å². The molecule has 0 spiro atoms. The number of ether oxygens (including phenoxy) is 2. The van der Waals surface area contributed by atoms with Crippen LogP contribution in [0.1, 0.15) is 35.7 Å². The summed E-state index contributed by atoms with van der Waals surface area (Å²) in [6.45, 7) is 7.97. The van der Waals surface area contributed by atoms with Crippen LogP contribution in [0, 0.1) is 12.8 Å². The summed E-state index contributed by atoms with van der Waals surface area (Å²) in [4.78, 5) is 11.4. The minimum atomic E-state index is -0.368. The van der Waals surface area contributed by atoms with Crippen LogP contribution >= 0.6 is 0 Å². The molecule has 1 aromatic heterocycles. The number of furan rings is 1. The Morgan fingerprint density at radius 1 is 1.42 bits per heavy atom. The molecule has 0 aliphatic heterocycles. The SMILES string of the molecule is Cc1oc(COCCOCC(C)C)cc1C(=O)NN. The van der Waals surface area contributed by atoms with Crippen LogP contribution in [0.25, 0.3) is 0 Å². The number of nitrogens with one attached hydrogen (secondary N) is 1. The smallest absolute Gasteiger partial charge is 0.268 e. The number of nitrogen functional groups attached to an aromatic ring is 1. The lowest BCUT2D eigenvalue weighted by molar-refractivity contribution is 0.0262. The van der Waals surface area contributed by atoms with Gasteiger partial charge in [0.25, 0.3) is 5.91 Å². The lowest BCUT2D eigenvalue weighted by Gasteiger charge is -2.06. The molecule has 19 heavy (non-hydrogen) atoms. The quantitative estimate of drug-likeness (QED) is 0.322. The molecule has 0 radical (unpaired) electrons. The summed E-state index contributed by atoms with van der Waals surface area (Å²) in [5.74, 6) is 6.35. The zero-order chi connectivity index (χ0) is 14.3. The first-order chi connectivity index (χ1) is 9.04. The predicted molar refractivity (Wildman–Crippen MR) is 70.4 cm³/mol. The van der Waals surface area contributed by atoms with Gasteiger partial charge in [-0.15, -0.1) is 0 Å². The van der Waals surface area contributed by atoms with Gasteiger partial charge in [0.1, 0.15) is 18.1 Å². The van der Waals surface area contributed by atoms with E-state index in [0.717, 1.165) is 6.61 Å². The maximum atomic E-state index is 11.4. The second-order valence-electron chi connectivity index (χ2n) is 4.68. The van der Waals surface area contributed by atoms with Crippen molar-refractivity contribution >= 4 is 5.91 Å². The van der Waals surface area contributed by atoms with Crippen LogP contribution in [0.4, 0.5) is 0 Å². The van der Waals surface area contributed by atoms with Crippen LogP contribution in [0.5, 0.6) is 0 Å². The molecular formula is C13H22N2O4. The van der Waals surface area contributed by atoms with Gasteiger partial charge in [0.2, 0.25) is 0 Å². The largest absolute Gasteiger partial charge is 0.463 e. The number of carbonyl (C=O) groups is 1. The molecule has 0 saturated carbocycles. The molecule has 0 saturated heterocycles.